The van der Waals surface area contributed by atoms with Crippen molar-refractivity contribution in [3.05, 3.63) is 71.9 Å². The Bertz CT molecular complexity index is 1820. The van der Waals surface area contributed by atoms with Gasteiger partial charge in [0.15, 0.2) is 6.10 Å². The maximum atomic E-state index is 14.1. The minimum atomic E-state index is -1.93. The van der Waals surface area contributed by atoms with Gasteiger partial charge in [-0.05, 0) is 36.0 Å². The molecular weight excluding hydrogens is 745 g/mol. The molecule has 4 rings (SSSR count). The molecule has 0 bridgehead atoms. The molecule has 1 aliphatic rings. The zero-order valence-electron chi connectivity index (χ0n) is 33.5. The lowest BCUT2D eigenvalue weighted by Crippen LogP contribution is -2.59. The van der Waals surface area contributed by atoms with Gasteiger partial charge < -0.3 is 46.9 Å². The number of aliphatic hydroxyl groups is 2. The second-order valence-corrected chi connectivity index (χ2v) is 15.3. The van der Waals surface area contributed by atoms with Crippen LogP contribution in [0.25, 0.3) is 10.9 Å². The highest BCUT2D eigenvalue weighted by Crippen LogP contribution is 2.25. The standard InChI is InChI=1S/C43H60N6O9/c1-3-4-5-6-7-8-9-11-16-27(2)39-38(53)43(57)49-35(26-50)42(56)48-34(23-29-25-45-31-20-15-14-19-30(29)31)41(55)46-32(21-22-36(44)51)40(54)47-33(24-37(52)58-39)28-17-12-10-13-18-28/h10,12-15,17-20,25,27,32-35,38-39,45,50,53H,3-9,11,16,21-24,26H2,1-2H3,(H2,44,51)(H,46,55)(H,47,54)(H,48,56)(H,49,57)/t27-,32-,33-,34-,35+,38+,39+/m0/s1. The molecule has 1 aliphatic heterocycles. The van der Waals surface area contributed by atoms with Crippen LogP contribution in [0.15, 0.2) is 60.8 Å². The van der Waals surface area contributed by atoms with Crippen LogP contribution in [0.4, 0.5) is 0 Å². The van der Waals surface area contributed by atoms with Crippen molar-refractivity contribution < 1.29 is 43.7 Å². The first-order chi connectivity index (χ1) is 27.9. The van der Waals surface area contributed by atoms with E-state index in [1.807, 2.05) is 24.3 Å². The van der Waals surface area contributed by atoms with Crippen LogP contribution in [-0.4, -0.2) is 87.6 Å². The molecular formula is C43H60N6O9. The van der Waals surface area contributed by atoms with E-state index in [-0.39, 0.29) is 19.3 Å². The second kappa shape index (κ2) is 23.2. The van der Waals surface area contributed by atoms with Gasteiger partial charge in [0, 0.05) is 29.9 Å². The molecule has 5 amide bonds. The number of ether oxygens (including phenoxy) is 1. The SMILES string of the molecule is CCCCCCCCCC[C@H](C)[C@H]1OC(=O)C[C@@H](c2ccccc2)NC(=O)[C@H](CCC(N)=O)NC(=O)[C@H](Cc2c[nH]c3ccccc23)NC(=O)[C@@H](CO)NC(=O)[C@@H]1O. The number of H-pyrrole nitrogens is 1. The highest BCUT2D eigenvalue weighted by molar-refractivity contribution is 5.96. The van der Waals surface area contributed by atoms with Crippen molar-refractivity contribution in [2.75, 3.05) is 6.61 Å². The minimum absolute atomic E-state index is 0.0756. The summed E-state index contributed by atoms with van der Waals surface area (Å²) in [5.41, 5.74) is 7.40. The fourth-order valence-electron chi connectivity index (χ4n) is 7.26. The number of benzene rings is 2. The summed E-state index contributed by atoms with van der Waals surface area (Å²) in [6.07, 6.45) is 6.46. The number of carbonyl (C=O) groups excluding carboxylic acids is 6. The lowest BCUT2D eigenvalue weighted by Gasteiger charge is -2.30. The minimum Gasteiger partial charge on any atom is -0.459 e. The molecule has 2 heterocycles. The number of unbranched alkanes of at least 4 members (excludes halogenated alkanes) is 7. The maximum absolute atomic E-state index is 14.1. The molecule has 1 aromatic heterocycles. The number of fused-ring (bicyclic) bond motifs is 1. The van der Waals surface area contributed by atoms with Crippen LogP contribution in [0, 0.1) is 5.92 Å². The lowest BCUT2D eigenvalue weighted by atomic mass is 9.92. The average Bonchev–Trinajstić information content (AvgIpc) is 3.62. The van der Waals surface area contributed by atoms with E-state index in [2.05, 4.69) is 33.2 Å². The number of nitrogens with one attached hydrogen (secondary N) is 5. The van der Waals surface area contributed by atoms with Crippen molar-refractivity contribution in [1.82, 2.24) is 26.3 Å². The lowest BCUT2D eigenvalue weighted by molar-refractivity contribution is -0.164. The number of amides is 5. The summed E-state index contributed by atoms with van der Waals surface area (Å²) in [7, 11) is 0. The highest BCUT2D eigenvalue weighted by Gasteiger charge is 2.38. The van der Waals surface area contributed by atoms with E-state index in [0.717, 1.165) is 49.4 Å². The summed E-state index contributed by atoms with van der Waals surface area (Å²) in [5.74, 6) is -5.59. The van der Waals surface area contributed by atoms with E-state index in [1.54, 1.807) is 43.5 Å². The van der Waals surface area contributed by atoms with Gasteiger partial charge in [0.2, 0.25) is 23.6 Å². The van der Waals surface area contributed by atoms with Gasteiger partial charge in [0.25, 0.3) is 5.91 Å². The van der Waals surface area contributed by atoms with Crippen molar-refractivity contribution >= 4 is 46.4 Å². The molecule has 2 aromatic carbocycles. The molecule has 1 saturated heterocycles. The van der Waals surface area contributed by atoms with Gasteiger partial charge in [-0.2, -0.15) is 0 Å². The number of esters is 1. The van der Waals surface area contributed by atoms with E-state index in [4.69, 9.17) is 10.5 Å². The number of para-hydroxylation sites is 1. The summed E-state index contributed by atoms with van der Waals surface area (Å²) in [4.78, 5) is 84.2. The molecule has 0 unspecified atom stereocenters. The van der Waals surface area contributed by atoms with Gasteiger partial charge in [-0.3, -0.25) is 28.8 Å². The van der Waals surface area contributed by atoms with Crippen LogP contribution < -0.4 is 27.0 Å². The van der Waals surface area contributed by atoms with Crippen LogP contribution >= 0.6 is 0 Å². The zero-order valence-corrected chi connectivity index (χ0v) is 33.5. The first-order valence-corrected chi connectivity index (χ1v) is 20.5. The molecule has 9 N–H and O–H groups in total. The van der Waals surface area contributed by atoms with E-state index >= 15 is 0 Å². The number of aliphatic hydroxyl groups excluding tert-OH is 2. The summed E-state index contributed by atoms with van der Waals surface area (Å²) >= 11 is 0. The van der Waals surface area contributed by atoms with Crippen molar-refractivity contribution in [2.24, 2.45) is 11.7 Å². The van der Waals surface area contributed by atoms with Gasteiger partial charge in [0.05, 0.1) is 19.1 Å². The van der Waals surface area contributed by atoms with Crippen molar-refractivity contribution in [2.45, 2.75) is 134 Å². The molecule has 0 aliphatic carbocycles. The molecule has 1 fully saturated rings. The molecule has 316 valence electrons. The first kappa shape index (κ1) is 45.4. The number of primary amides is 1. The zero-order chi connectivity index (χ0) is 42.0. The van der Waals surface area contributed by atoms with E-state index in [0.29, 0.717) is 17.5 Å². The third-order valence-electron chi connectivity index (χ3n) is 10.7. The fraction of sp³-hybridized carbons (Fsp3) is 0.535. The molecule has 15 heteroatoms. The van der Waals surface area contributed by atoms with Crippen molar-refractivity contribution in [3.63, 3.8) is 0 Å². The molecule has 0 saturated carbocycles. The van der Waals surface area contributed by atoms with Crippen LogP contribution in [-0.2, 0) is 39.9 Å². The largest absolute Gasteiger partial charge is 0.459 e. The van der Waals surface area contributed by atoms with Crippen LogP contribution in [0.2, 0.25) is 0 Å². The Labute approximate surface area is 339 Å². The number of carbonyl (C=O) groups is 6. The van der Waals surface area contributed by atoms with Crippen LogP contribution in [0.5, 0.6) is 0 Å². The Kier molecular flexibility index (Phi) is 18.2. The smallest absolute Gasteiger partial charge is 0.308 e. The van der Waals surface area contributed by atoms with Gasteiger partial charge in [-0.15, -0.1) is 0 Å². The summed E-state index contributed by atoms with van der Waals surface area (Å²) in [5, 5.41) is 33.0. The molecule has 0 radical (unpaired) electrons. The number of rotatable bonds is 17. The quantitative estimate of drug-likeness (QED) is 0.0738. The monoisotopic (exact) mass is 804 g/mol. The van der Waals surface area contributed by atoms with Gasteiger partial charge in [-0.1, -0.05) is 114 Å². The number of cyclic esters (lactones) is 1. The Morgan fingerprint density at radius 2 is 1.40 bits per heavy atom. The Morgan fingerprint density at radius 1 is 0.793 bits per heavy atom. The van der Waals surface area contributed by atoms with Gasteiger partial charge >= 0.3 is 5.97 Å². The first-order valence-electron chi connectivity index (χ1n) is 20.5. The number of nitrogens with two attached hydrogens (primary N) is 1. The Morgan fingerprint density at radius 3 is 2.09 bits per heavy atom. The second-order valence-electron chi connectivity index (χ2n) is 15.3. The molecule has 3 aromatic rings. The number of hydrogen-bond donors (Lipinski definition) is 8. The van der Waals surface area contributed by atoms with Crippen molar-refractivity contribution in [3.8, 4) is 0 Å². The van der Waals surface area contributed by atoms with E-state index in [1.165, 1.54) is 12.8 Å². The van der Waals surface area contributed by atoms with E-state index < -0.39 is 90.8 Å². The summed E-state index contributed by atoms with van der Waals surface area (Å²) < 4.78 is 5.86. The topological polar surface area (TPSA) is 242 Å². The number of hydrogen-bond acceptors (Lipinski definition) is 9. The molecule has 7 atom stereocenters. The molecule has 58 heavy (non-hydrogen) atoms. The molecule has 0 spiro atoms. The number of aromatic amines is 1. The van der Waals surface area contributed by atoms with Gasteiger partial charge in [0.1, 0.15) is 24.2 Å². The average molecular weight is 805 g/mol. The molecule has 15 nitrogen and oxygen atoms in total. The predicted molar refractivity (Wildman–Crippen MR) is 218 cm³/mol. The van der Waals surface area contributed by atoms with Crippen LogP contribution in [0.1, 0.15) is 108 Å². The van der Waals surface area contributed by atoms with Gasteiger partial charge in [-0.25, -0.2) is 0 Å². The third kappa shape index (κ3) is 13.7. The fourth-order valence-corrected chi connectivity index (χ4v) is 7.26. The van der Waals surface area contributed by atoms with Crippen molar-refractivity contribution in [1.29, 1.82) is 0 Å². The Hall–Kier alpha value is -5.28. The van der Waals surface area contributed by atoms with Crippen LogP contribution in [0.3, 0.4) is 0 Å². The maximum Gasteiger partial charge on any atom is 0.308 e. The Balaban J connectivity index is 1.68. The van der Waals surface area contributed by atoms with E-state index in [9.17, 15) is 39.0 Å². The third-order valence-corrected chi connectivity index (χ3v) is 10.7. The number of aromatic nitrogens is 1. The predicted octanol–water partition coefficient (Wildman–Crippen LogP) is 3.12. The highest BCUT2D eigenvalue weighted by atomic mass is 16.6. The summed E-state index contributed by atoms with van der Waals surface area (Å²) in [6.45, 7) is 3.04. The summed E-state index contributed by atoms with van der Waals surface area (Å²) in [6, 6.07) is 10.6. The normalized spacial score (nSPS) is 23.2.